The molecule has 2 amide bonds. The molecule has 12 heteroatoms. The molecule has 6 rings (SSSR count). The lowest BCUT2D eigenvalue weighted by Crippen LogP contribution is -2.65. The van der Waals surface area contributed by atoms with E-state index in [1.165, 1.54) is 6.07 Å². The zero-order chi connectivity index (χ0) is 32.6. The van der Waals surface area contributed by atoms with Gasteiger partial charge in [0.1, 0.15) is 10.3 Å². The van der Waals surface area contributed by atoms with Gasteiger partial charge in [-0.3, -0.25) is 9.59 Å². The van der Waals surface area contributed by atoms with Crippen LogP contribution in [0.3, 0.4) is 0 Å². The van der Waals surface area contributed by atoms with Gasteiger partial charge in [0.25, 0.3) is 5.91 Å². The fraction of sp³-hybridized carbons (Fsp3) is 0.636. The number of rotatable bonds is 14. The molecule has 3 aliphatic carbocycles. The van der Waals surface area contributed by atoms with Crippen molar-refractivity contribution in [2.75, 3.05) is 6.54 Å². The van der Waals surface area contributed by atoms with Crippen LogP contribution >= 0.6 is 11.3 Å². The van der Waals surface area contributed by atoms with Crippen molar-refractivity contribution in [2.45, 2.75) is 108 Å². The highest BCUT2D eigenvalue weighted by Crippen LogP contribution is 2.65. The first-order valence-corrected chi connectivity index (χ1v) is 18.7. The van der Waals surface area contributed by atoms with Crippen LogP contribution in [0.15, 0.2) is 46.0 Å². The second-order valence-corrected chi connectivity index (χ2v) is 17.1. The Balaban J connectivity index is 1.33. The Bertz CT molecular complexity index is 1450. The molecule has 2 bridgehead atoms. The molecule has 2 aromatic rings. The number of benzene rings is 1. The molecular weight excluding hydrogens is 609 g/mol. The largest absolute Gasteiger partial charge is 0.481 e. The number of thiophene rings is 1. The van der Waals surface area contributed by atoms with Crippen molar-refractivity contribution in [1.29, 1.82) is 0 Å². The third-order valence-corrected chi connectivity index (χ3v) is 13.1. The minimum atomic E-state index is -3.87. The maximum atomic E-state index is 13.9. The molecule has 3 N–H and O–H groups in total. The normalized spacial score (nSPS) is 26.6. The van der Waals surface area contributed by atoms with Crippen molar-refractivity contribution in [1.82, 2.24) is 15.4 Å². The Morgan fingerprint density at radius 1 is 1.09 bits per heavy atom. The molecule has 1 aliphatic heterocycles. The van der Waals surface area contributed by atoms with Crippen molar-refractivity contribution < 1.29 is 27.3 Å². The van der Waals surface area contributed by atoms with Crippen LogP contribution in [-0.2, 0) is 30.5 Å². The molecule has 1 aromatic carbocycles. The number of carbonyl (C=O) groups is 2. The fourth-order valence-electron chi connectivity index (χ4n) is 7.44. The first-order valence-electron chi connectivity index (χ1n) is 16.3. The third kappa shape index (κ3) is 7.20. The highest BCUT2D eigenvalue weighted by molar-refractivity contribution is 7.91. The van der Waals surface area contributed by atoms with Gasteiger partial charge in [-0.25, -0.2) is 13.1 Å². The van der Waals surface area contributed by atoms with Crippen LogP contribution in [0, 0.1) is 23.2 Å². The molecule has 2 heterocycles. The van der Waals surface area contributed by atoms with E-state index >= 15 is 0 Å². The van der Waals surface area contributed by atoms with E-state index in [9.17, 15) is 18.0 Å². The molecule has 3 saturated carbocycles. The summed E-state index contributed by atoms with van der Waals surface area (Å²) in [6.45, 7) is 12.7. The van der Waals surface area contributed by atoms with Crippen LogP contribution in [0.25, 0.3) is 0 Å². The number of unbranched alkanes of at least 4 members (excludes halogenated alkanes) is 1. The van der Waals surface area contributed by atoms with E-state index in [1.54, 1.807) is 23.6 Å². The molecule has 1 saturated heterocycles. The first-order chi connectivity index (χ1) is 21.2. The number of nitrogens with one attached hydrogen (secondary N) is 3. The molecule has 45 heavy (non-hydrogen) atoms. The van der Waals surface area contributed by atoms with Gasteiger partial charge in [0.2, 0.25) is 15.9 Å². The molecule has 9 nitrogen and oxygen atoms in total. The Hall–Kier alpha value is -2.25. The van der Waals surface area contributed by atoms with E-state index in [1.807, 2.05) is 12.1 Å². The molecule has 4 fully saturated rings. The highest BCUT2D eigenvalue weighted by Gasteiger charge is 2.68. The van der Waals surface area contributed by atoms with Gasteiger partial charge in [-0.2, -0.15) is 0 Å². The lowest BCUT2D eigenvalue weighted by Gasteiger charge is -2.64. The van der Waals surface area contributed by atoms with Crippen LogP contribution in [0.2, 0.25) is 0 Å². The number of amides is 2. The van der Waals surface area contributed by atoms with Crippen molar-refractivity contribution in [2.24, 2.45) is 23.2 Å². The van der Waals surface area contributed by atoms with Gasteiger partial charge < -0.3 is 19.9 Å². The highest BCUT2D eigenvalue weighted by atomic mass is 32.2. The SMILES string of the molecule is CCCCc1ccc(C(=O)N[C@@H](CNS(=O)(=O)c2cccs2)C(=O)N[C@@H](CC(C)C)B2O[C@@H]3C[C@H]4C[C@H](C4(C)C)[C@]3(C)O2)cc1. The molecule has 0 radical (unpaired) electrons. The Labute approximate surface area is 272 Å². The minimum Gasteiger partial charge on any atom is -0.404 e. The van der Waals surface area contributed by atoms with Gasteiger partial charge in [-0.1, -0.05) is 59.2 Å². The predicted molar refractivity (Wildman–Crippen MR) is 177 cm³/mol. The topological polar surface area (TPSA) is 123 Å². The minimum absolute atomic E-state index is 0.0424. The monoisotopic (exact) mass is 657 g/mol. The zero-order valence-corrected chi connectivity index (χ0v) is 28.9. The molecule has 4 aliphatic rings. The van der Waals surface area contributed by atoms with Crippen molar-refractivity contribution in [3.05, 3.63) is 52.9 Å². The van der Waals surface area contributed by atoms with Crippen LogP contribution in [0.4, 0.5) is 0 Å². The van der Waals surface area contributed by atoms with Gasteiger partial charge in [0.15, 0.2) is 0 Å². The van der Waals surface area contributed by atoms with Crippen LogP contribution in [0.5, 0.6) is 0 Å². The van der Waals surface area contributed by atoms with E-state index in [-0.39, 0.29) is 28.2 Å². The first kappa shape index (κ1) is 34.1. The van der Waals surface area contributed by atoms with Crippen LogP contribution < -0.4 is 15.4 Å². The van der Waals surface area contributed by atoms with Crippen molar-refractivity contribution in [3.63, 3.8) is 0 Å². The lowest BCUT2D eigenvalue weighted by atomic mass is 9.43. The van der Waals surface area contributed by atoms with Gasteiger partial charge >= 0.3 is 7.12 Å². The lowest BCUT2D eigenvalue weighted by molar-refractivity contribution is -0.199. The summed E-state index contributed by atoms with van der Waals surface area (Å²) in [7, 11) is -4.51. The average molecular weight is 658 g/mol. The summed E-state index contributed by atoms with van der Waals surface area (Å²) in [5.41, 5.74) is 1.28. The second-order valence-electron chi connectivity index (χ2n) is 14.2. The summed E-state index contributed by atoms with van der Waals surface area (Å²) < 4.78 is 41.8. The standard InChI is InChI=1S/C33H48BN3O6S2/c1-7-8-10-22-12-14-23(15-13-22)30(38)36-25(20-35-45(40,41)29-11-9-16-44-29)31(39)37-28(17-21(2)3)34-42-27-19-24-18-26(32(24,4)5)33(27,6)43-34/h9,11-16,21,24-28,35H,7-8,10,17-20H2,1-6H3,(H,36,38)(H,37,39)/t24-,25+,26-,27-,28+,33+/m1/s1. The van der Waals surface area contributed by atoms with Gasteiger partial charge in [0.05, 0.1) is 17.6 Å². The summed E-state index contributed by atoms with van der Waals surface area (Å²) in [4.78, 5) is 27.3. The van der Waals surface area contributed by atoms with Crippen molar-refractivity contribution in [3.8, 4) is 0 Å². The van der Waals surface area contributed by atoms with E-state index in [0.717, 1.165) is 49.0 Å². The maximum Gasteiger partial charge on any atom is 0.481 e. The van der Waals surface area contributed by atoms with E-state index in [2.05, 4.69) is 56.9 Å². The summed E-state index contributed by atoms with van der Waals surface area (Å²) in [6, 6.07) is 9.28. The molecule has 0 spiro atoms. The summed E-state index contributed by atoms with van der Waals surface area (Å²) in [6.07, 6.45) is 5.66. The Morgan fingerprint density at radius 3 is 2.44 bits per heavy atom. The Morgan fingerprint density at radius 2 is 1.82 bits per heavy atom. The average Bonchev–Trinajstić information content (AvgIpc) is 3.66. The maximum absolute atomic E-state index is 13.9. The zero-order valence-electron chi connectivity index (χ0n) is 27.3. The van der Waals surface area contributed by atoms with E-state index in [4.69, 9.17) is 9.31 Å². The molecule has 1 aromatic heterocycles. The van der Waals surface area contributed by atoms with E-state index in [0.29, 0.717) is 23.8 Å². The molecular formula is C33H48BN3O6S2. The summed E-state index contributed by atoms with van der Waals surface area (Å²) >= 11 is 1.08. The third-order valence-electron chi connectivity index (χ3n) is 10.2. The quantitative estimate of drug-likeness (QED) is 0.247. The number of hydrogen-bond acceptors (Lipinski definition) is 7. The molecule has 0 unspecified atom stereocenters. The van der Waals surface area contributed by atoms with Gasteiger partial charge in [0, 0.05) is 12.1 Å². The Kier molecular flexibility index (Phi) is 10.2. The number of hydrogen-bond donors (Lipinski definition) is 3. The fourth-order valence-corrected chi connectivity index (χ4v) is 9.52. The number of aryl methyl sites for hydroxylation is 1. The predicted octanol–water partition coefficient (Wildman–Crippen LogP) is 4.97. The summed E-state index contributed by atoms with van der Waals surface area (Å²) in [5, 5.41) is 7.55. The molecule has 246 valence electrons. The smallest absolute Gasteiger partial charge is 0.404 e. The number of sulfonamides is 1. The van der Waals surface area contributed by atoms with Crippen LogP contribution in [-0.4, -0.2) is 57.6 Å². The van der Waals surface area contributed by atoms with Gasteiger partial charge in [-0.15, -0.1) is 11.3 Å². The number of carbonyl (C=O) groups excluding carboxylic acids is 2. The summed E-state index contributed by atoms with van der Waals surface area (Å²) in [5.74, 6) is -0.244. The molecule has 6 atom stereocenters. The van der Waals surface area contributed by atoms with Crippen LogP contribution in [0.1, 0.15) is 89.6 Å². The van der Waals surface area contributed by atoms with E-state index < -0.39 is 46.5 Å². The second kappa shape index (κ2) is 13.5. The van der Waals surface area contributed by atoms with Crippen molar-refractivity contribution >= 4 is 40.3 Å². The van der Waals surface area contributed by atoms with Gasteiger partial charge in [-0.05, 0) is 91.3 Å².